The predicted octanol–water partition coefficient (Wildman–Crippen LogP) is 6.92. The average Bonchev–Trinajstić information content (AvgIpc) is 3.35. The molecule has 0 aliphatic carbocycles. The van der Waals surface area contributed by atoms with Crippen LogP contribution in [0.5, 0.6) is 0 Å². The van der Waals surface area contributed by atoms with Crippen LogP contribution in [0.2, 0.25) is 15.1 Å². The van der Waals surface area contributed by atoms with E-state index in [2.05, 4.69) is 10.1 Å². The number of aryl methyl sites for hydroxylation is 1. The second kappa shape index (κ2) is 7.43. The van der Waals surface area contributed by atoms with E-state index in [9.17, 15) is 0 Å². The van der Waals surface area contributed by atoms with Crippen molar-refractivity contribution in [1.82, 2.24) is 19.7 Å². The molecule has 0 unspecified atom stereocenters. The van der Waals surface area contributed by atoms with Gasteiger partial charge in [0.25, 0.3) is 5.89 Å². The maximum Gasteiger partial charge on any atom is 0.258 e. The van der Waals surface area contributed by atoms with E-state index in [1.165, 1.54) is 0 Å². The van der Waals surface area contributed by atoms with E-state index in [1.807, 2.05) is 60.1 Å². The van der Waals surface area contributed by atoms with Crippen molar-refractivity contribution in [3.63, 3.8) is 0 Å². The molecule has 0 saturated carbocycles. The first-order valence-corrected chi connectivity index (χ1v) is 10.2. The van der Waals surface area contributed by atoms with Gasteiger partial charge in [-0.25, -0.2) is 4.98 Å². The minimum Gasteiger partial charge on any atom is -0.334 e. The molecule has 0 bridgehead atoms. The second-order valence-electron chi connectivity index (χ2n) is 6.70. The van der Waals surface area contributed by atoms with Crippen molar-refractivity contribution in [2.24, 2.45) is 7.05 Å². The van der Waals surface area contributed by atoms with Crippen molar-refractivity contribution < 1.29 is 4.52 Å². The summed E-state index contributed by atoms with van der Waals surface area (Å²) in [5, 5.41) is 5.59. The normalized spacial score (nSPS) is 11.3. The highest BCUT2D eigenvalue weighted by molar-refractivity contribution is 6.43. The van der Waals surface area contributed by atoms with E-state index >= 15 is 0 Å². The van der Waals surface area contributed by atoms with E-state index in [0.717, 1.165) is 28.0 Å². The lowest BCUT2D eigenvalue weighted by Crippen LogP contribution is -1.93. The summed E-state index contributed by atoms with van der Waals surface area (Å²) in [6.45, 7) is 0. The molecule has 30 heavy (non-hydrogen) atoms. The SMILES string of the molecule is Cn1c(-c2cccc(Cl)c2Cl)nc2cc(-c3nc(-c4ccccc4Cl)no3)ccc21. The first-order chi connectivity index (χ1) is 14.5. The van der Waals surface area contributed by atoms with Gasteiger partial charge < -0.3 is 9.09 Å². The molecule has 0 aliphatic heterocycles. The van der Waals surface area contributed by atoms with Crippen LogP contribution in [-0.4, -0.2) is 19.7 Å². The molecule has 2 aromatic heterocycles. The molecule has 0 N–H and O–H groups in total. The summed E-state index contributed by atoms with van der Waals surface area (Å²) in [7, 11) is 1.93. The zero-order valence-electron chi connectivity index (χ0n) is 15.6. The summed E-state index contributed by atoms with van der Waals surface area (Å²) >= 11 is 18.8. The first-order valence-electron chi connectivity index (χ1n) is 9.03. The molecular weight excluding hydrogens is 443 g/mol. The molecule has 0 spiro atoms. The molecule has 148 valence electrons. The van der Waals surface area contributed by atoms with Crippen molar-refractivity contribution in [2.45, 2.75) is 0 Å². The Morgan fingerprint density at radius 2 is 1.60 bits per heavy atom. The highest BCUT2D eigenvalue weighted by Gasteiger charge is 2.17. The Morgan fingerprint density at radius 1 is 0.833 bits per heavy atom. The van der Waals surface area contributed by atoms with Gasteiger partial charge in [0.2, 0.25) is 5.82 Å². The van der Waals surface area contributed by atoms with Crippen molar-refractivity contribution in [3.05, 3.63) is 75.7 Å². The quantitative estimate of drug-likeness (QED) is 0.296. The zero-order valence-corrected chi connectivity index (χ0v) is 17.9. The minimum atomic E-state index is 0.389. The number of rotatable bonds is 3. The number of nitrogens with zero attached hydrogens (tertiary/aromatic N) is 4. The molecular formula is C22H13Cl3N4O. The van der Waals surface area contributed by atoms with Crippen LogP contribution in [0.15, 0.2) is 65.2 Å². The highest BCUT2D eigenvalue weighted by Crippen LogP contribution is 2.35. The molecule has 3 aromatic carbocycles. The largest absolute Gasteiger partial charge is 0.334 e. The third-order valence-electron chi connectivity index (χ3n) is 4.86. The molecule has 0 saturated heterocycles. The van der Waals surface area contributed by atoms with Gasteiger partial charge in [0, 0.05) is 23.7 Å². The first kappa shape index (κ1) is 19.1. The van der Waals surface area contributed by atoms with Crippen LogP contribution in [0, 0.1) is 0 Å². The van der Waals surface area contributed by atoms with E-state index in [-0.39, 0.29) is 0 Å². The molecule has 2 heterocycles. The number of fused-ring (bicyclic) bond motifs is 1. The van der Waals surface area contributed by atoms with Crippen LogP contribution < -0.4 is 0 Å². The molecule has 8 heteroatoms. The minimum absolute atomic E-state index is 0.389. The Hall–Kier alpha value is -2.86. The lowest BCUT2D eigenvalue weighted by atomic mass is 10.2. The molecule has 0 aliphatic rings. The number of aromatic nitrogens is 4. The molecule has 0 fully saturated rings. The number of halogens is 3. The molecule has 5 nitrogen and oxygen atoms in total. The topological polar surface area (TPSA) is 56.7 Å². The molecule has 5 rings (SSSR count). The van der Waals surface area contributed by atoms with Gasteiger partial charge in [-0.05, 0) is 42.5 Å². The van der Waals surface area contributed by atoms with Crippen LogP contribution in [0.1, 0.15) is 0 Å². The lowest BCUT2D eigenvalue weighted by molar-refractivity contribution is 0.432. The standard InChI is InChI=1S/C22H13Cl3N4O/c1-29-18-10-9-12(22-27-20(28-30-22)13-5-2-3-7-15(13)23)11-17(18)26-21(29)14-6-4-8-16(24)19(14)25/h2-11H,1H3. The van der Waals surface area contributed by atoms with Gasteiger partial charge in [0.05, 0.1) is 26.1 Å². The monoisotopic (exact) mass is 454 g/mol. The summed E-state index contributed by atoms with van der Waals surface area (Å²) in [6, 6.07) is 18.6. The van der Waals surface area contributed by atoms with Crippen molar-refractivity contribution in [1.29, 1.82) is 0 Å². The maximum atomic E-state index is 6.40. The van der Waals surface area contributed by atoms with Crippen molar-refractivity contribution in [2.75, 3.05) is 0 Å². The number of hydrogen-bond acceptors (Lipinski definition) is 4. The average molecular weight is 456 g/mol. The molecule has 0 radical (unpaired) electrons. The van der Waals surface area contributed by atoms with Gasteiger partial charge in [-0.3, -0.25) is 0 Å². The Balaban J connectivity index is 1.58. The van der Waals surface area contributed by atoms with E-state index in [1.54, 1.807) is 12.1 Å². The van der Waals surface area contributed by atoms with Crippen LogP contribution in [0.3, 0.4) is 0 Å². The number of imidazole rings is 1. The van der Waals surface area contributed by atoms with Gasteiger partial charge in [-0.15, -0.1) is 0 Å². The van der Waals surface area contributed by atoms with Gasteiger partial charge in [-0.1, -0.05) is 58.2 Å². The van der Waals surface area contributed by atoms with Crippen LogP contribution in [-0.2, 0) is 7.05 Å². The summed E-state index contributed by atoms with van der Waals surface area (Å²) in [4.78, 5) is 9.25. The summed E-state index contributed by atoms with van der Waals surface area (Å²) in [5.74, 6) is 1.54. The molecule has 0 atom stereocenters. The fraction of sp³-hybridized carbons (Fsp3) is 0.0455. The van der Waals surface area contributed by atoms with Gasteiger partial charge in [0.15, 0.2) is 0 Å². The smallest absolute Gasteiger partial charge is 0.258 e. The maximum absolute atomic E-state index is 6.40. The van der Waals surface area contributed by atoms with E-state index in [4.69, 9.17) is 44.3 Å². The second-order valence-corrected chi connectivity index (χ2v) is 7.89. The summed E-state index contributed by atoms with van der Waals surface area (Å²) < 4.78 is 7.44. The van der Waals surface area contributed by atoms with Crippen LogP contribution in [0.25, 0.3) is 45.3 Å². The fourth-order valence-corrected chi connectivity index (χ4v) is 3.95. The van der Waals surface area contributed by atoms with Gasteiger partial charge >= 0.3 is 0 Å². The van der Waals surface area contributed by atoms with E-state index < -0.39 is 0 Å². The Labute approximate surface area is 186 Å². The van der Waals surface area contributed by atoms with Crippen molar-refractivity contribution in [3.8, 4) is 34.2 Å². The van der Waals surface area contributed by atoms with Gasteiger partial charge in [0.1, 0.15) is 5.82 Å². The van der Waals surface area contributed by atoms with Gasteiger partial charge in [-0.2, -0.15) is 4.98 Å². The van der Waals surface area contributed by atoms with E-state index in [0.29, 0.717) is 32.3 Å². The number of hydrogen-bond donors (Lipinski definition) is 0. The Kier molecular flexibility index (Phi) is 4.74. The fourth-order valence-electron chi connectivity index (χ4n) is 3.34. The Bertz CT molecular complexity index is 1410. The third-order valence-corrected chi connectivity index (χ3v) is 6.01. The summed E-state index contributed by atoms with van der Waals surface area (Å²) in [6.07, 6.45) is 0. The molecule has 5 aromatic rings. The van der Waals surface area contributed by atoms with Crippen LogP contribution in [0.4, 0.5) is 0 Å². The summed E-state index contributed by atoms with van der Waals surface area (Å²) in [5.41, 5.74) is 3.96. The molecule has 0 amide bonds. The lowest BCUT2D eigenvalue weighted by Gasteiger charge is -2.05. The predicted molar refractivity (Wildman–Crippen MR) is 120 cm³/mol. The number of benzene rings is 3. The zero-order chi connectivity index (χ0) is 20.8. The third kappa shape index (κ3) is 3.16. The van der Waals surface area contributed by atoms with Crippen LogP contribution >= 0.6 is 34.8 Å². The Morgan fingerprint density at radius 3 is 2.43 bits per heavy atom. The van der Waals surface area contributed by atoms with Crippen molar-refractivity contribution >= 4 is 45.8 Å². The highest BCUT2D eigenvalue weighted by atomic mass is 35.5.